The van der Waals surface area contributed by atoms with Crippen LogP contribution in [0.3, 0.4) is 0 Å². The van der Waals surface area contributed by atoms with Crippen LogP contribution in [0.5, 0.6) is 0 Å². The van der Waals surface area contributed by atoms with Gasteiger partial charge in [0.2, 0.25) is 0 Å². The maximum absolute atomic E-state index is 12.2. The van der Waals surface area contributed by atoms with Crippen LogP contribution < -0.4 is 10.9 Å². The van der Waals surface area contributed by atoms with Crippen LogP contribution >= 0.6 is 0 Å². The molecule has 0 amide bonds. The molecule has 0 saturated carbocycles. The zero-order valence-electron chi connectivity index (χ0n) is 15.4. The molecule has 1 aliphatic rings. The Kier molecular flexibility index (Phi) is 6.59. The molecule has 2 heterocycles. The molecule has 0 bridgehead atoms. The summed E-state index contributed by atoms with van der Waals surface area (Å²) in [5, 5.41) is 0. The van der Waals surface area contributed by atoms with Crippen LogP contribution in [0.25, 0.3) is 5.57 Å². The fraction of sp³-hybridized carbons (Fsp3) is 0.300. The van der Waals surface area contributed by atoms with Crippen molar-refractivity contribution in [2.24, 2.45) is 4.99 Å². The summed E-state index contributed by atoms with van der Waals surface area (Å²) < 4.78 is 36.6. The first-order valence-electron chi connectivity index (χ1n) is 8.32. The van der Waals surface area contributed by atoms with E-state index >= 15 is 0 Å². The Hall–Kier alpha value is -2.85. The Morgan fingerprint density at radius 3 is 2.70 bits per heavy atom. The van der Waals surface area contributed by atoms with Crippen molar-refractivity contribution in [3.05, 3.63) is 58.2 Å². The van der Waals surface area contributed by atoms with Crippen LogP contribution in [0.4, 0.5) is 13.2 Å². The number of alkyl halides is 3. The monoisotopic (exact) mass is 374 g/mol. The Morgan fingerprint density at radius 2 is 2.04 bits per heavy atom. The largest absolute Gasteiger partial charge is 0.402 e. The zero-order chi connectivity index (χ0) is 20.0. The van der Waals surface area contributed by atoms with Gasteiger partial charge < -0.3 is 5.43 Å². The molecule has 1 aromatic heterocycles. The third-order valence-electron chi connectivity index (χ3n) is 3.91. The van der Waals surface area contributed by atoms with Crippen molar-refractivity contribution in [1.82, 2.24) is 15.8 Å². The van der Waals surface area contributed by atoms with E-state index in [2.05, 4.69) is 26.7 Å². The van der Waals surface area contributed by atoms with Gasteiger partial charge >= 0.3 is 6.18 Å². The summed E-state index contributed by atoms with van der Waals surface area (Å²) in [6, 6.07) is 1.98. The van der Waals surface area contributed by atoms with E-state index in [1.807, 2.05) is 32.9 Å². The van der Waals surface area contributed by atoms with E-state index in [-0.39, 0.29) is 0 Å². The highest BCUT2D eigenvalue weighted by atomic mass is 19.4. The lowest BCUT2D eigenvalue weighted by atomic mass is 9.97. The Morgan fingerprint density at radius 1 is 1.30 bits per heavy atom. The second kappa shape index (κ2) is 8.69. The maximum atomic E-state index is 12.2. The van der Waals surface area contributed by atoms with Crippen LogP contribution in [0.1, 0.15) is 30.2 Å². The van der Waals surface area contributed by atoms with Crippen LogP contribution in [0, 0.1) is 26.2 Å². The smallest absolute Gasteiger partial charge is 0.320 e. The Balaban J connectivity index is 2.21. The Labute approximate surface area is 157 Å². The molecule has 27 heavy (non-hydrogen) atoms. The van der Waals surface area contributed by atoms with Gasteiger partial charge in [0.25, 0.3) is 0 Å². The number of allylic oxidation sites excluding steroid dienone is 5. The van der Waals surface area contributed by atoms with Gasteiger partial charge in [-0.1, -0.05) is 18.1 Å². The molecule has 1 aromatic rings. The van der Waals surface area contributed by atoms with Gasteiger partial charge in [-0.25, -0.2) is 5.43 Å². The van der Waals surface area contributed by atoms with Gasteiger partial charge in [0.05, 0.1) is 17.6 Å². The third-order valence-corrected chi connectivity index (χ3v) is 3.91. The number of nitrogens with zero attached hydrogens (tertiary/aromatic N) is 2. The molecule has 0 unspecified atom stereocenters. The second-order valence-electron chi connectivity index (χ2n) is 6.13. The number of hydrazine groups is 1. The lowest BCUT2D eigenvalue weighted by Crippen LogP contribution is -2.39. The first kappa shape index (κ1) is 20.5. The zero-order valence-corrected chi connectivity index (χ0v) is 15.4. The molecule has 4 nitrogen and oxygen atoms in total. The summed E-state index contributed by atoms with van der Waals surface area (Å²) in [6.45, 7) is 4.57. The summed E-state index contributed by atoms with van der Waals surface area (Å²) in [5.74, 6) is 2.72. The molecule has 0 aliphatic carbocycles. The lowest BCUT2D eigenvalue weighted by Gasteiger charge is -2.11. The van der Waals surface area contributed by atoms with Gasteiger partial charge in [0, 0.05) is 23.0 Å². The second-order valence-corrected chi connectivity index (χ2v) is 6.13. The number of aryl methyl sites for hydroxylation is 2. The third kappa shape index (κ3) is 5.83. The number of nitrogens with one attached hydrogen (secondary N) is 2. The summed E-state index contributed by atoms with van der Waals surface area (Å²) in [7, 11) is 0. The van der Waals surface area contributed by atoms with Gasteiger partial charge in [0.15, 0.2) is 0 Å². The molecule has 0 radical (unpaired) electrons. The Bertz CT molecular complexity index is 868. The molecule has 0 fully saturated rings. The minimum absolute atomic E-state index is 0.453. The molecule has 2 rings (SSSR count). The molecule has 7 heteroatoms. The summed E-state index contributed by atoms with van der Waals surface area (Å²) in [5.41, 5.74) is 9.96. The number of pyridine rings is 1. The van der Waals surface area contributed by atoms with Gasteiger partial charge in [-0.3, -0.25) is 9.98 Å². The van der Waals surface area contributed by atoms with E-state index in [4.69, 9.17) is 6.42 Å². The molecular weight excluding hydrogens is 353 g/mol. The topological polar surface area (TPSA) is 49.3 Å². The number of hydrogen-bond acceptors (Lipinski definition) is 4. The predicted octanol–water partition coefficient (Wildman–Crippen LogP) is 4.00. The highest BCUT2D eigenvalue weighted by Gasteiger charge is 2.26. The maximum Gasteiger partial charge on any atom is 0.402 e. The fourth-order valence-electron chi connectivity index (χ4n) is 2.53. The lowest BCUT2D eigenvalue weighted by molar-refractivity contribution is -0.126. The van der Waals surface area contributed by atoms with Gasteiger partial charge in [-0.15, -0.1) is 6.42 Å². The molecule has 0 spiro atoms. The minimum Gasteiger partial charge on any atom is -0.320 e. The predicted molar refractivity (Wildman–Crippen MR) is 102 cm³/mol. The molecule has 1 aliphatic heterocycles. The first-order chi connectivity index (χ1) is 12.7. The standard InChI is InChI=1S/C20H21F3N4/c1-5-17(18-9-13(2)10-24-15(18)4)14(3)19-8-6-7-16(11-25-19)27-26-12-20(21,22)23/h1,7-11,26-27H,6,12H2,2-4H3/b17-14+. The highest BCUT2D eigenvalue weighted by Crippen LogP contribution is 2.27. The summed E-state index contributed by atoms with van der Waals surface area (Å²) in [4.78, 5) is 8.73. The van der Waals surface area contributed by atoms with Crippen LogP contribution in [0.2, 0.25) is 0 Å². The van der Waals surface area contributed by atoms with Crippen LogP contribution in [0.15, 0.2) is 46.4 Å². The van der Waals surface area contributed by atoms with Crippen molar-refractivity contribution < 1.29 is 13.2 Å². The van der Waals surface area contributed by atoms with Gasteiger partial charge in [0.1, 0.15) is 6.54 Å². The fourth-order valence-corrected chi connectivity index (χ4v) is 2.53. The van der Waals surface area contributed by atoms with Crippen LogP contribution in [-0.4, -0.2) is 23.9 Å². The van der Waals surface area contributed by atoms with E-state index in [0.29, 0.717) is 23.4 Å². The number of aromatic nitrogens is 1. The van der Waals surface area contributed by atoms with E-state index < -0.39 is 12.7 Å². The number of halogens is 3. The van der Waals surface area contributed by atoms with Crippen molar-refractivity contribution in [2.45, 2.75) is 33.4 Å². The normalized spacial score (nSPS) is 15.3. The van der Waals surface area contributed by atoms with E-state index in [1.165, 1.54) is 6.21 Å². The molecule has 142 valence electrons. The molecular formula is C20H21F3N4. The number of terminal acetylenes is 1. The van der Waals surface area contributed by atoms with Gasteiger partial charge in [-0.2, -0.15) is 13.2 Å². The molecule has 0 saturated heterocycles. The van der Waals surface area contributed by atoms with Gasteiger partial charge in [-0.05, 0) is 44.4 Å². The van der Waals surface area contributed by atoms with Crippen molar-refractivity contribution in [3.8, 4) is 12.3 Å². The minimum atomic E-state index is -4.29. The molecule has 2 N–H and O–H groups in total. The molecule has 0 aromatic carbocycles. The molecule has 0 atom stereocenters. The van der Waals surface area contributed by atoms with Crippen molar-refractivity contribution in [2.75, 3.05) is 6.54 Å². The number of rotatable bonds is 5. The average Bonchev–Trinajstić information content (AvgIpc) is 2.83. The van der Waals surface area contributed by atoms with Crippen molar-refractivity contribution in [1.29, 1.82) is 0 Å². The van der Waals surface area contributed by atoms with E-state index in [1.54, 1.807) is 12.3 Å². The average molecular weight is 374 g/mol. The van der Waals surface area contributed by atoms with E-state index in [9.17, 15) is 13.2 Å². The number of hydrogen-bond donors (Lipinski definition) is 2. The first-order valence-corrected chi connectivity index (χ1v) is 8.32. The number of aliphatic imine (C=N–C) groups is 1. The quantitative estimate of drug-likeness (QED) is 0.605. The van der Waals surface area contributed by atoms with Crippen molar-refractivity contribution in [3.63, 3.8) is 0 Å². The summed E-state index contributed by atoms with van der Waals surface area (Å²) >= 11 is 0. The van der Waals surface area contributed by atoms with Crippen LogP contribution in [-0.2, 0) is 0 Å². The summed E-state index contributed by atoms with van der Waals surface area (Å²) in [6.07, 6.45) is 8.83. The highest BCUT2D eigenvalue weighted by molar-refractivity contribution is 5.86. The van der Waals surface area contributed by atoms with E-state index in [0.717, 1.165) is 22.4 Å². The van der Waals surface area contributed by atoms with Crippen molar-refractivity contribution >= 4 is 11.8 Å². The SMILES string of the molecule is C#C/C(=C(/C)C1=CCC=C(NNCC(F)(F)F)C=N1)c1cc(C)cnc1C.